The van der Waals surface area contributed by atoms with Crippen molar-refractivity contribution in [3.05, 3.63) is 59.7 Å². The van der Waals surface area contributed by atoms with Gasteiger partial charge in [-0.05, 0) is 147 Å². The van der Waals surface area contributed by atoms with Gasteiger partial charge in [0.2, 0.25) is 0 Å². The maximum atomic E-state index is 13.7. The minimum atomic E-state index is -1.43. The summed E-state index contributed by atoms with van der Waals surface area (Å²) >= 11 is 0. The molecule has 14 nitrogen and oxygen atoms in total. The first-order valence-corrected chi connectivity index (χ1v) is 20.1. The van der Waals surface area contributed by atoms with Gasteiger partial charge in [-0.3, -0.25) is 0 Å². The first kappa shape index (κ1) is 51.0. The van der Waals surface area contributed by atoms with Crippen LogP contribution in [0.15, 0.2) is 48.5 Å². The number of nitrogens with zero attached hydrogens (tertiary/aromatic N) is 2. The van der Waals surface area contributed by atoms with Crippen LogP contribution < -0.4 is 0 Å². The number of hydrogen-bond donors (Lipinski definition) is 0. The maximum absolute atomic E-state index is 13.7. The first-order valence-electron chi connectivity index (χ1n) is 20.1. The van der Waals surface area contributed by atoms with Crippen molar-refractivity contribution in [1.82, 2.24) is 9.80 Å². The van der Waals surface area contributed by atoms with Crippen molar-refractivity contribution in [3.8, 4) is 11.1 Å². The lowest BCUT2D eigenvalue weighted by Crippen LogP contribution is -2.54. The minimum Gasteiger partial charge on any atom is -0.458 e. The van der Waals surface area contributed by atoms with E-state index < -0.39 is 82.0 Å². The van der Waals surface area contributed by atoms with Gasteiger partial charge in [-0.1, -0.05) is 48.5 Å². The van der Waals surface area contributed by atoms with E-state index in [1.165, 1.54) is 0 Å². The van der Waals surface area contributed by atoms with E-state index in [9.17, 15) is 28.8 Å². The monoisotopic (exact) mass is 840 g/mol. The van der Waals surface area contributed by atoms with Gasteiger partial charge in [-0.2, -0.15) is 9.80 Å². The van der Waals surface area contributed by atoms with Gasteiger partial charge in [0.05, 0.1) is 0 Å². The van der Waals surface area contributed by atoms with Crippen LogP contribution >= 0.6 is 0 Å². The highest BCUT2D eigenvalue weighted by Crippen LogP contribution is 2.27. The van der Waals surface area contributed by atoms with E-state index in [1.54, 1.807) is 149 Å². The van der Waals surface area contributed by atoms with Gasteiger partial charge >= 0.3 is 36.3 Å². The Morgan fingerprint density at radius 2 is 0.567 bits per heavy atom. The van der Waals surface area contributed by atoms with Crippen LogP contribution in [0.25, 0.3) is 11.1 Å². The molecule has 2 atom stereocenters. The summed E-state index contributed by atoms with van der Waals surface area (Å²) in [5, 5.41) is 0. The summed E-state index contributed by atoms with van der Waals surface area (Å²) in [4.78, 5) is 83.0. The molecular formula is C46H68N2O12. The quantitative estimate of drug-likeness (QED) is 0.174. The molecule has 0 N–H and O–H groups in total. The van der Waals surface area contributed by atoms with E-state index >= 15 is 0 Å². The molecule has 0 saturated heterocycles. The number of rotatable bonds is 9. The Hall–Kier alpha value is -5.14. The topological polar surface area (TPSA) is 164 Å². The fraction of sp³-hybridized carbons (Fsp3) is 0.609. The van der Waals surface area contributed by atoms with Crippen molar-refractivity contribution in [2.24, 2.45) is 0 Å². The normalized spacial score (nSPS) is 13.6. The van der Waals surface area contributed by atoms with E-state index in [0.717, 1.165) is 11.1 Å². The summed E-state index contributed by atoms with van der Waals surface area (Å²) in [6.45, 7) is 29.9. The summed E-state index contributed by atoms with van der Waals surface area (Å²) in [6.07, 6.45) is -4.44. The molecule has 2 aromatic rings. The van der Waals surface area contributed by atoms with Crippen molar-refractivity contribution in [2.45, 2.75) is 183 Å². The largest absolute Gasteiger partial charge is 0.458 e. The third-order valence-electron chi connectivity index (χ3n) is 7.44. The van der Waals surface area contributed by atoms with Crippen molar-refractivity contribution in [1.29, 1.82) is 0 Å². The second-order valence-electron chi connectivity index (χ2n) is 20.6. The molecule has 0 saturated carbocycles. The second kappa shape index (κ2) is 19.1. The Morgan fingerprint density at radius 3 is 0.750 bits per heavy atom. The molecule has 0 heterocycles. The second-order valence-corrected chi connectivity index (χ2v) is 20.6. The molecular weight excluding hydrogens is 773 g/mol. The Bertz CT molecular complexity index is 1640. The Morgan fingerprint density at radius 1 is 0.367 bits per heavy atom. The van der Waals surface area contributed by atoms with E-state index in [2.05, 4.69) is 0 Å². The van der Waals surface area contributed by atoms with Crippen LogP contribution in [0.3, 0.4) is 0 Å². The van der Waals surface area contributed by atoms with Gasteiger partial charge in [0.25, 0.3) is 0 Å². The molecule has 0 fully saturated rings. The van der Waals surface area contributed by atoms with Crippen LogP contribution in [-0.4, -0.2) is 91.8 Å². The smallest absolute Gasteiger partial charge is 0.420 e. The number of carbonyl (C=O) groups is 6. The van der Waals surface area contributed by atoms with Gasteiger partial charge in [0.15, 0.2) is 0 Å². The highest BCUT2D eigenvalue weighted by atomic mass is 16.6. The molecule has 0 spiro atoms. The maximum Gasteiger partial charge on any atom is 0.420 e. The molecule has 14 heteroatoms. The predicted molar refractivity (Wildman–Crippen MR) is 227 cm³/mol. The molecule has 2 aromatic carbocycles. The molecule has 0 radical (unpaired) electrons. The molecule has 0 aliphatic rings. The highest BCUT2D eigenvalue weighted by Gasteiger charge is 2.44. The van der Waals surface area contributed by atoms with E-state index in [-0.39, 0.29) is 12.8 Å². The average molecular weight is 841 g/mol. The molecule has 0 aromatic heterocycles. The summed E-state index contributed by atoms with van der Waals surface area (Å²) < 4.78 is 33.6. The standard InChI is InChI=1S/C46H68N2O12/c1-41(2,3)55-35(49)33(47(37(51)57-43(7,8)9)38(52)58-44(10,11)12)27-29-19-23-31(24-20-29)32-25-21-30(22-26-32)28-34(36(50)56-42(4,5)6)48(39(53)59-45(13,14)15)40(54)60-46(16,17)18/h19-26,33-34H,27-28H2,1-18H3/t33-,34-/m1/s1. The fourth-order valence-corrected chi connectivity index (χ4v) is 5.32. The molecule has 0 unspecified atom stereocenters. The zero-order valence-corrected chi connectivity index (χ0v) is 39.0. The number of hydrogen-bond acceptors (Lipinski definition) is 12. The molecule has 0 aliphatic heterocycles. The van der Waals surface area contributed by atoms with Crippen LogP contribution in [0, 0.1) is 0 Å². The number of imide groups is 2. The first-order chi connectivity index (χ1) is 26.9. The molecule has 0 aliphatic carbocycles. The lowest BCUT2D eigenvalue weighted by Gasteiger charge is -2.34. The van der Waals surface area contributed by atoms with Crippen LogP contribution in [0.4, 0.5) is 19.2 Å². The fourth-order valence-electron chi connectivity index (χ4n) is 5.32. The number of amides is 4. The van der Waals surface area contributed by atoms with E-state index in [0.29, 0.717) is 20.9 Å². The SMILES string of the molecule is CC(C)(C)OC(=O)[C@@H](Cc1ccc(-c2ccc(C[C@H](C(=O)OC(C)(C)C)N(C(=O)OC(C)(C)C)C(=O)OC(C)(C)C)cc2)cc1)N(C(=O)OC(C)(C)C)C(=O)OC(C)(C)C. The zero-order chi connectivity index (χ0) is 46.4. The predicted octanol–water partition coefficient (Wildman–Crippen LogP) is 10.2. The molecule has 334 valence electrons. The van der Waals surface area contributed by atoms with Crippen molar-refractivity contribution in [3.63, 3.8) is 0 Å². The number of benzene rings is 2. The van der Waals surface area contributed by atoms with E-state index in [4.69, 9.17) is 28.4 Å². The Balaban J connectivity index is 2.55. The lowest BCUT2D eigenvalue weighted by atomic mass is 9.97. The molecule has 0 bridgehead atoms. The van der Waals surface area contributed by atoms with Crippen LogP contribution in [0.2, 0.25) is 0 Å². The molecule has 2 rings (SSSR count). The van der Waals surface area contributed by atoms with Gasteiger partial charge in [-0.25, -0.2) is 28.8 Å². The van der Waals surface area contributed by atoms with Crippen molar-refractivity contribution in [2.75, 3.05) is 0 Å². The average Bonchev–Trinajstić information content (AvgIpc) is 2.99. The van der Waals surface area contributed by atoms with Crippen molar-refractivity contribution >= 4 is 36.3 Å². The third-order valence-corrected chi connectivity index (χ3v) is 7.44. The zero-order valence-electron chi connectivity index (χ0n) is 39.0. The van der Waals surface area contributed by atoms with E-state index in [1.807, 2.05) is 24.3 Å². The summed E-state index contributed by atoms with van der Waals surface area (Å²) in [5.74, 6) is -1.64. The van der Waals surface area contributed by atoms with Gasteiger partial charge in [0.1, 0.15) is 45.7 Å². The van der Waals surface area contributed by atoms with Crippen LogP contribution in [-0.2, 0) is 50.9 Å². The van der Waals surface area contributed by atoms with Gasteiger partial charge in [0, 0.05) is 12.8 Å². The number of esters is 2. The van der Waals surface area contributed by atoms with Gasteiger partial charge < -0.3 is 28.4 Å². The Kier molecular flexibility index (Phi) is 16.2. The highest BCUT2D eigenvalue weighted by molar-refractivity contribution is 5.95. The summed E-state index contributed by atoms with van der Waals surface area (Å²) in [5.41, 5.74) is -3.05. The minimum absolute atomic E-state index is 0.107. The molecule has 4 amide bonds. The van der Waals surface area contributed by atoms with Crippen LogP contribution in [0.1, 0.15) is 136 Å². The van der Waals surface area contributed by atoms with Crippen molar-refractivity contribution < 1.29 is 57.2 Å². The lowest BCUT2D eigenvalue weighted by molar-refractivity contribution is -0.161. The Labute approximate surface area is 356 Å². The molecule has 60 heavy (non-hydrogen) atoms. The summed E-state index contributed by atoms with van der Waals surface area (Å²) in [7, 11) is 0. The van der Waals surface area contributed by atoms with Gasteiger partial charge in [-0.15, -0.1) is 0 Å². The number of carbonyl (C=O) groups excluding carboxylic acids is 6. The number of ether oxygens (including phenoxy) is 6. The summed E-state index contributed by atoms with van der Waals surface area (Å²) in [6, 6.07) is 11.5. The third kappa shape index (κ3) is 18.0. The van der Waals surface area contributed by atoms with Crippen LogP contribution in [0.5, 0.6) is 0 Å².